The Morgan fingerprint density at radius 1 is 1.12 bits per heavy atom. The molecular formula is C26H30N2O4. The van der Waals surface area contributed by atoms with E-state index in [0.717, 1.165) is 12.0 Å². The van der Waals surface area contributed by atoms with Gasteiger partial charge >= 0.3 is 0 Å². The van der Waals surface area contributed by atoms with Crippen LogP contribution in [-0.2, 0) is 9.59 Å². The van der Waals surface area contributed by atoms with Crippen LogP contribution in [0.15, 0.2) is 48.5 Å². The Hall–Kier alpha value is -3.15. The van der Waals surface area contributed by atoms with Gasteiger partial charge in [0.1, 0.15) is 5.75 Å². The van der Waals surface area contributed by atoms with Crippen molar-refractivity contribution in [2.45, 2.75) is 39.0 Å². The molecule has 2 atom stereocenters. The Kier molecular flexibility index (Phi) is 6.58. The van der Waals surface area contributed by atoms with E-state index < -0.39 is 0 Å². The van der Waals surface area contributed by atoms with Crippen LogP contribution in [0.25, 0.3) is 0 Å². The van der Waals surface area contributed by atoms with Crippen LogP contribution >= 0.6 is 0 Å². The summed E-state index contributed by atoms with van der Waals surface area (Å²) in [6.45, 7) is 5.41. The highest BCUT2D eigenvalue weighted by molar-refractivity contribution is 6.01. The van der Waals surface area contributed by atoms with Crippen LogP contribution in [0.2, 0.25) is 0 Å². The summed E-state index contributed by atoms with van der Waals surface area (Å²) in [5, 5.41) is 2.76. The molecule has 168 valence electrons. The Labute approximate surface area is 188 Å². The van der Waals surface area contributed by atoms with E-state index >= 15 is 0 Å². The van der Waals surface area contributed by atoms with Gasteiger partial charge in [0.05, 0.1) is 11.6 Å². The number of rotatable bonds is 6. The number of benzene rings is 2. The number of fused-ring (bicyclic) bond motifs is 1. The molecule has 0 aliphatic carbocycles. The summed E-state index contributed by atoms with van der Waals surface area (Å²) in [6, 6.07) is 15.2. The van der Waals surface area contributed by atoms with Crippen molar-refractivity contribution in [3.8, 4) is 5.75 Å². The fourth-order valence-corrected chi connectivity index (χ4v) is 4.64. The van der Waals surface area contributed by atoms with E-state index in [1.54, 1.807) is 18.2 Å². The minimum Gasteiger partial charge on any atom is -0.482 e. The Morgan fingerprint density at radius 2 is 1.84 bits per heavy atom. The predicted molar refractivity (Wildman–Crippen MR) is 123 cm³/mol. The number of carbonyl (C=O) groups excluding carboxylic acids is 3. The van der Waals surface area contributed by atoms with Gasteiger partial charge in [-0.05, 0) is 42.5 Å². The van der Waals surface area contributed by atoms with Crippen LogP contribution in [0.3, 0.4) is 0 Å². The molecule has 1 fully saturated rings. The van der Waals surface area contributed by atoms with Crippen molar-refractivity contribution in [3.05, 3.63) is 59.7 Å². The zero-order chi connectivity index (χ0) is 22.7. The number of ketones is 1. The van der Waals surface area contributed by atoms with Crippen molar-refractivity contribution in [3.63, 3.8) is 0 Å². The molecule has 0 aromatic heterocycles. The number of nitrogens with one attached hydrogen (secondary N) is 1. The number of piperidine rings is 1. The SMILES string of the molecule is CCC(C)C(C(=O)N1CCC(C(=O)c2ccc3c(c2)NC(=O)CO3)CC1)c1ccccc1. The summed E-state index contributed by atoms with van der Waals surface area (Å²) in [5.74, 6) is 0.541. The Balaban J connectivity index is 1.42. The number of amides is 2. The van der Waals surface area contributed by atoms with Gasteiger partial charge in [-0.15, -0.1) is 0 Å². The fraction of sp³-hybridized carbons (Fsp3) is 0.423. The number of hydrogen-bond acceptors (Lipinski definition) is 4. The second-order valence-corrected chi connectivity index (χ2v) is 8.79. The maximum Gasteiger partial charge on any atom is 0.262 e. The molecule has 6 heteroatoms. The van der Waals surface area contributed by atoms with Gasteiger partial charge in [-0.1, -0.05) is 50.6 Å². The molecule has 2 aliphatic heterocycles. The predicted octanol–water partition coefficient (Wildman–Crippen LogP) is 4.27. The van der Waals surface area contributed by atoms with Gasteiger partial charge in [-0.25, -0.2) is 0 Å². The summed E-state index contributed by atoms with van der Waals surface area (Å²) < 4.78 is 5.38. The van der Waals surface area contributed by atoms with Crippen LogP contribution in [0.4, 0.5) is 5.69 Å². The first-order valence-corrected chi connectivity index (χ1v) is 11.4. The molecule has 2 unspecified atom stereocenters. The summed E-state index contributed by atoms with van der Waals surface area (Å²) in [6.07, 6.45) is 2.22. The molecule has 2 amide bonds. The van der Waals surface area contributed by atoms with E-state index in [1.807, 2.05) is 35.2 Å². The molecule has 2 heterocycles. The lowest BCUT2D eigenvalue weighted by molar-refractivity contribution is -0.135. The van der Waals surface area contributed by atoms with Gasteiger partial charge in [0, 0.05) is 24.6 Å². The quantitative estimate of drug-likeness (QED) is 0.689. The number of anilines is 1. The molecule has 0 spiro atoms. The van der Waals surface area contributed by atoms with Crippen molar-refractivity contribution in [1.29, 1.82) is 0 Å². The van der Waals surface area contributed by atoms with Gasteiger partial charge in [-0.2, -0.15) is 0 Å². The van der Waals surface area contributed by atoms with Crippen LogP contribution in [-0.4, -0.2) is 42.2 Å². The van der Waals surface area contributed by atoms with Gasteiger partial charge < -0.3 is 15.0 Å². The first-order chi connectivity index (χ1) is 15.5. The van der Waals surface area contributed by atoms with E-state index in [2.05, 4.69) is 19.2 Å². The number of ether oxygens (including phenoxy) is 1. The molecule has 2 aromatic rings. The smallest absolute Gasteiger partial charge is 0.262 e. The van der Waals surface area contributed by atoms with E-state index in [4.69, 9.17) is 4.74 Å². The maximum absolute atomic E-state index is 13.4. The number of Topliss-reactive ketones (excluding diaryl/α,β-unsaturated/α-hetero) is 1. The van der Waals surface area contributed by atoms with E-state index in [1.165, 1.54) is 0 Å². The molecule has 1 saturated heterocycles. The molecule has 32 heavy (non-hydrogen) atoms. The Morgan fingerprint density at radius 3 is 2.53 bits per heavy atom. The highest BCUT2D eigenvalue weighted by atomic mass is 16.5. The lowest BCUT2D eigenvalue weighted by atomic mass is 9.83. The van der Waals surface area contributed by atoms with E-state index in [9.17, 15) is 14.4 Å². The van der Waals surface area contributed by atoms with Gasteiger partial charge in [-0.3, -0.25) is 14.4 Å². The molecule has 2 aliphatic rings. The summed E-state index contributed by atoms with van der Waals surface area (Å²) in [4.78, 5) is 40.0. The normalized spacial score (nSPS) is 18.2. The summed E-state index contributed by atoms with van der Waals surface area (Å²) in [5.41, 5.74) is 2.17. The number of likely N-dealkylation sites (tertiary alicyclic amines) is 1. The molecule has 0 radical (unpaired) electrons. The molecule has 6 nitrogen and oxygen atoms in total. The molecule has 0 bridgehead atoms. The molecule has 0 saturated carbocycles. The van der Waals surface area contributed by atoms with Crippen molar-refractivity contribution >= 4 is 23.3 Å². The minimum atomic E-state index is -0.219. The zero-order valence-electron chi connectivity index (χ0n) is 18.7. The lowest BCUT2D eigenvalue weighted by Gasteiger charge is -2.35. The average Bonchev–Trinajstić information content (AvgIpc) is 2.83. The van der Waals surface area contributed by atoms with Gasteiger partial charge in [0.2, 0.25) is 5.91 Å². The molecule has 4 rings (SSSR count). The molecule has 2 aromatic carbocycles. The van der Waals surface area contributed by atoms with E-state index in [-0.39, 0.29) is 42.0 Å². The third-order valence-corrected chi connectivity index (χ3v) is 6.71. The summed E-state index contributed by atoms with van der Waals surface area (Å²) >= 11 is 0. The van der Waals surface area contributed by atoms with Gasteiger partial charge in [0.15, 0.2) is 12.4 Å². The number of carbonyl (C=O) groups is 3. The maximum atomic E-state index is 13.4. The first-order valence-electron chi connectivity index (χ1n) is 11.4. The van der Waals surface area contributed by atoms with Crippen LogP contribution < -0.4 is 10.1 Å². The number of hydrogen-bond donors (Lipinski definition) is 1. The van der Waals surface area contributed by atoms with Gasteiger partial charge in [0.25, 0.3) is 5.91 Å². The van der Waals surface area contributed by atoms with Crippen molar-refractivity contribution in [2.24, 2.45) is 11.8 Å². The highest BCUT2D eigenvalue weighted by Crippen LogP contribution is 2.33. The number of nitrogens with zero attached hydrogens (tertiary/aromatic N) is 1. The molecular weight excluding hydrogens is 404 g/mol. The first kappa shape index (κ1) is 22.1. The van der Waals surface area contributed by atoms with Crippen LogP contribution in [0.5, 0.6) is 5.75 Å². The standard InChI is InChI=1S/C26H30N2O4/c1-3-17(2)24(18-7-5-4-6-8-18)26(31)28-13-11-19(12-14-28)25(30)20-9-10-22-21(15-20)27-23(29)16-32-22/h4-10,15,17,19,24H,3,11-14,16H2,1-2H3,(H,27,29). The topological polar surface area (TPSA) is 75.7 Å². The van der Waals surface area contributed by atoms with Crippen molar-refractivity contribution in [2.75, 3.05) is 25.0 Å². The second-order valence-electron chi connectivity index (χ2n) is 8.79. The molecule has 1 N–H and O–H groups in total. The Bertz CT molecular complexity index is 996. The monoisotopic (exact) mass is 434 g/mol. The highest BCUT2D eigenvalue weighted by Gasteiger charge is 2.34. The largest absolute Gasteiger partial charge is 0.482 e. The second kappa shape index (κ2) is 9.55. The fourth-order valence-electron chi connectivity index (χ4n) is 4.64. The third kappa shape index (κ3) is 4.54. The average molecular weight is 435 g/mol. The minimum absolute atomic E-state index is 0.00654. The van der Waals surface area contributed by atoms with Crippen LogP contribution in [0, 0.1) is 11.8 Å². The van der Waals surface area contributed by atoms with Crippen LogP contribution in [0.1, 0.15) is 54.9 Å². The van der Waals surface area contributed by atoms with E-state index in [0.29, 0.717) is 42.9 Å². The lowest BCUT2D eigenvalue weighted by Crippen LogP contribution is -2.43. The third-order valence-electron chi connectivity index (χ3n) is 6.71. The van der Waals surface area contributed by atoms with Crippen molar-refractivity contribution in [1.82, 2.24) is 4.90 Å². The zero-order valence-corrected chi connectivity index (χ0v) is 18.7. The van der Waals surface area contributed by atoms with Crippen molar-refractivity contribution < 1.29 is 19.1 Å². The summed E-state index contributed by atoms with van der Waals surface area (Å²) in [7, 11) is 0.